The Kier molecular flexibility index (Phi) is 4.90. The van der Waals surface area contributed by atoms with Crippen LogP contribution in [0.2, 0.25) is 0 Å². The fourth-order valence-electron chi connectivity index (χ4n) is 2.75. The summed E-state index contributed by atoms with van der Waals surface area (Å²) >= 11 is 0. The number of fused-ring (bicyclic) bond motifs is 1. The number of ether oxygens (including phenoxy) is 1. The summed E-state index contributed by atoms with van der Waals surface area (Å²) in [7, 11) is 1.65. The molecule has 0 aliphatic carbocycles. The summed E-state index contributed by atoms with van der Waals surface area (Å²) in [5.41, 5.74) is 1.04. The van der Waals surface area contributed by atoms with Gasteiger partial charge >= 0.3 is 0 Å². The molecule has 0 spiro atoms. The van der Waals surface area contributed by atoms with Crippen molar-refractivity contribution in [2.75, 3.05) is 13.7 Å². The molecule has 0 aliphatic heterocycles. The summed E-state index contributed by atoms with van der Waals surface area (Å²) in [5, 5.41) is 12.1. The number of rotatable bonds is 7. The van der Waals surface area contributed by atoms with Crippen LogP contribution in [0.25, 0.3) is 10.9 Å². The van der Waals surface area contributed by atoms with Gasteiger partial charge in [0.1, 0.15) is 12.9 Å². The fourth-order valence-corrected chi connectivity index (χ4v) is 2.75. The normalized spacial score (nSPS) is 12.4. The largest absolute Gasteiger partial charge is 0.383 e. The molecule has 0 fully saturated rings. The zero-order chi connectivity index (χ0) is 16.9. The van der Waals surface area contributed by atoms with Crippen molar-refractivity contribution >= 4 is 16.8 Å². The Morgan fingerprint density at radius 1 is 1.29 bits per heavy atom. The van der Waals surface area contributed by atoms with Crippen molar-refractivity contribution in [3.63, 3.8) is 0 Å². The first-order valence-electron chi connectivity index (χ1n) is 7.89. The van der Waals surface area contributed by atoms with Gasteiger partial charge in [-0.3, -0.25) is 4.79 Å². The van der Waals surface area contributed by atoms with Gasteiger partial charge in [0.05, 0.1) is 12.6 Å². The van der Waals surface area contributed by atoms with E-state index in [1.165, 1.54) is 0 Å². The summed E-state index contributed by atoms with van der Waals surface area (Å²) in [6.45, 7) is 3.39. The number of carbonyl (C=O) groups excluding carboxylic acids is 1. The molecule has 1 N–H and O–H groups in total. The Morgan fingerprint density at radius 2 is 2.12 bits per heavy atom. The molecule has 0 aliphatic rings. The van der Waals surface area contributed by atoms with Gasteiger partial charge in [-0.25, -0.2) is 0 Å². The Balaban J connectivity index is 1.65. The van der Waals surface area contributed by atoms with Crippen molar-refractivity contribution in [1.29, 1.82) is 0 Å². The van der Waals surface area contributed by atoms with Crippen LogP contribution in [0.1, 0.15) is 18.8 Å². The number of methoxy groups -OCH3 is 1. The van der Waals surface area contributed by atoms with E-state index < -0.39 is 0 Å². The molecule has 1 aromatic carbocycles. The number of nitrogens with zero attached hydrogens (tertiary/aromatic N) is 4. The molecular weight excluding hydrogens is 306 g/mol. The average Bonchev–Trinajstić information content (AvgIpc) is 3.20. The third-order valence-electron chi connectivity index (χ3n) is 3.94. The zero-order valence-corrected chi connectivity index (χ0v) is 13.8. The molecule has 0 radical (unpaired) electrons. The summed E-state index contributed by atoms with van der Waals surface area (Å²) < 4.78 is 8.90. The van der Waals surface area contributed by atoms with E-state index in [2.05, 4.69) is 15.5 Å². The van der Waals surface area contributed by atoms with E-state index in [0.29, 0.717) is 13.2 Å². The summed E-state index contributed by atoms with van der Waals surface area (Å²) in [4.78, 5) is 12.4. The molecular formula is C17H21N5O2. The third-order valence-corrected chi connectivity index (χ3v) is 3.94. The fraction of sp³-hybridized carbons (Fsp3) is 0.353. The maximum atomic E-state index is 12.4. The molecule has 126 valence electrons. The van der Waals surface area contributed by atoms with Crippen LogP contribution in [-0.2, 0) is 22.6 Å². The van der Waals surface area contributed by atoms with Gasteiger partial charge in [-0.15, -0.1) is 10.2 Å². The van der Waals surface area contributed by atoms with E-state index in [1.54, 1.807) is 13.4 Å². The minimum atomic E-state index is -0.223. The lowest BCUT2D eigenvalue weighted by Gasteiger charge is -2.15. The van der Waals surface area contributed by atoms with E-state index in [0.717, 1.165) is 16.7 Å². The Hall–Kier alpha value is -2.67. The number of carbonyl (C=O) groups is 1. The van der Waals surface area contributed by atoms with Crippen LogP contribution >= 0.6 is 0 Å². The Bertz CT molecular complexity index is 823. The van der Waals surface area contributed by atoms with E-state index in [9.17, 15) is 4.79 Å². The molecule has 0 unspecified atom stereocenters. The van der Waals surface area contributed by atoms with E-state index in [-0.39, 0.29) is 18.5 Å². The van der Waals surface area contributed by atoms with Gasteiger partial charge in [-0.05, 0) is 24.4 Å². The molecule has 7 nitrogen and oxygen atoms in total. The van der Waals surface area contributed by atoms with Crippen LogP contribution < -0.4 is 5.32 Å². The van der Waals surface area contributed by atoms with Gasteiger partial charge in [0, 0.05) is 25.4 Å². The number of aromatic nitrogens is 4. The Morgan fingerprint density at radius 3 is 2.96 bits per heavy atom. The Labute approximate surface area is 140 Å². The second-order valence-corrected chi connectivity index (χ2v) is 5.67. The van der Waals surface area contributed by atoms with Crippen LogP contribution in [0.15, 0.2) is 42.9 Å². The van der Waals surface area contributed by atoms with Gasteiger partial charge in [0.2, 0.25) is 5.91 Å². The van der Waals surface area contributed by atoms with Gasteiger partial charge < -0.3 is 19.2 Å². The highest BCUT2D eigenvalue weighted by Crippen LogP contribution is 2.15. The third kappa shape index (κ3) is 3.46. The predicted octanol–water partition coefficient (Wildman–Crippen LogP) is 1.76. The minimum Gasteiger partial charge on any atom is -0.383 e. The van der Waals surface area contributed by atoms with E-state index in [4.69, 9.17) is 4.74 Å². The molecule has 3 aromatic rings. The highest BCUT2D eigenvalue weighted by Gasteiger charge is 2.16. The lowest BCUT2D eigenvalue weighted by molar-refractivity contribution is -0.122. The SMILES string of the molecule is COCCn1cnnc1[C@H](C)NC(=O)Cn1ccc2ccccc21. The molecule has 0 bridgehead atoms. The molecule has 2 heterocycles. The van der Waals surface area contributed by atoms with Crippen molar-refractivity contribution in [2.45, 2.75) is 26.1 Å². The van der Waals surface area contributed by atoms with Crippen LogP contribution in [0.4, 0.5) is 0 Å². The zero-order valence-electron chi connectivity index (χ0n) is 13.8. The number of amides is 1. The van der Waals surface area contributed by atoms with Crippen LogP contribution in [-0.4, -0.2) is 39.0 Å². The number of benzene rings is 1. The molecule has 0 saturated carbocycles. The molecule has 7 heteroatoms. The number of para-hydroxylation sites is 1. The molecule has 1 amide bonds. The average molecular weight is 327 g/mol. The number of nitrogens with one attached hydrogen (secondary N) is 1. The predicted molar refractivity (Wildman–Crippen MR) is 90.4 cm³/mol. The van der Waals surface area contributed by atoms with Crippen molar-refractivity contribution in [3.05, 3.63) is 48.7 Å². The molecule has 3 rings (SSSR count). The monoisotopic (exact) mass is 327 g/mol. The van der Waals surface area contributed by atoms with E-state index >= 15 is 0 Å². The maximum absolute atomic E-state index is 12.4. The highest BCUT2D eigenvalue weighted by atomic mass is 16.5. The lowest BCUT2D eigenvalue weighted by atomic mass is 10.2. The molecule has 0 saturated heterocycles. The van der Waals surface area contributed by atoms with Gasteiger partial charge in [0.15, 0.2) is 5.82 Å². The first-order chi connectivity index (χ1) is 11.7. The van der Waals surface area contributed by atoms with Crippen LogP contribution in [0.5, 0.6) is 0 Å². The van der Waals surface area contributed by atoms with Crippen molar-refractivity contribution in [2.24, 2.45) is 0 Å². The van der Waals surface area contributed by atoms with Gasteiger partial charge in [-0.1, -0.05) is 18.2 Å². The molecule has 1 atom stereocenters. The smallest absolute Gasteiger partial charge is 0.240 e. The quantitative estimate of drug-likeness (QED) is 0.717. The van der Waals surface area contributed by atoms with E-state index in [1.807, 2.05) is 52.6 Å². The summed E-state index contributed by atoms with van der Waals surface area (Å²) in [6, 6.07) is 9.78. The first-order valence-corrected chi connectivity index (χ1v) is 7.89. The number of hydrogen-bond donors (Lipinski definition) is 1. The number of hydrogen-bond acceptors (Lipinski definition) is 4. The summed E-state index contributed by atoms with van der Waals surface area (Å²) in [5.74, 6) is 0.655. The maximum Gasteiger partial charge on any atom is 0.240 e. The molecule has 24 heavy (non-hydrogen) atoms. The van der Waals surface area contributed by atoms with Crippen LogP contribution in [0.3, 0.4) is 0 Å². The topological polar surface area (TPSA) is 74.0 Å². The van der Waals surface area contributed by atoms with Crippen molar-refractivity contribution in [3.8, 4) is 0 Å². The van der Waals surface area contributed by atoms with Gasteiger partial charge in [0.25, 0.3) is 0 Å². The lowest BCUT2D eigenvalue weighted by Crippen LogP contribution is -2.31. The standard InChI is InChI=1S/C17H21N5O2/c1-13(17-20-18-12-22(17)9-10-24-2)19-16(23)11-21-8-7-14-5-3-4-6-15(14)21/h3-8,12-13H,9-11H2,1-2H3,(H,19,23)/t13-/m0/s1. The van der Waals surface area contributed by atoms with Crippen molar-refractivity contribution in [1.82, 2.24) is 24.6 Å². The molecule has 2 aromatic heterocycles. The minimum absolute atomic E-state index is 0.0647. The summed E-state index contributed by atoms with van der Waals surface area (Å²) in [6.07, 6.45) is 3.58. The van der Waals surface area contributed by atoms with Crippen LogP contribution in [0, 0.1) is 0 Å². The second-order valence-electron chi connectivity index (χ2n) is 5.67. The highest BCUT2D eigenvalue weighted by molar-refractivity contribution is 5.83. The van der Waals surface area contributed by atoms with Crippen molar-refractivity contribution < 1.29 is 9.53 Å². The second kappa shape index (κ2) is 7.27. The first kappa shape index (κ1) is 16.2. The van der Waals surface area contributed by atoms with Gasteiger partial charge in [-0.2, -0.15) is 0 Å².